The molecular weight excluding hydrogens is 282 g/mol. The van der Waals surface area contributed by atoms with Crippen LogP contribution in [-0.4, -0.2) is 36.9 Å². The average molecular weight is 305 g/mol. The zero-order valence-corrected chi connectivity index (χ0v) is 13.4. The standard InChI is InChI=1S/C16H23N3O3/c1-10(2)19-15(21)9-17-14(20)8-18-16(22)13-6-11(3)5-12(4)7-13/h5-7,10H,8-9H2,1-4H3,(H,17,20)(H,18,22)(H,19,21). The van der Waals surface area contributed by atoms with Crippen LogP contribution in [0.1, 0.15) is 35.3 Å². The van der Waals surface area contributed by atoms with Crippen molar-refractivity contribution in [2.45, 2.75) is 33.7 Å². The van der Waals surface area contributed by atoms with Crippen LogP contribution >= 0.6 is 0 Å². The van der Waals surface area contributed by atoms with Gasteiger partial charge < -0.3 is 16.0 Å². The van der Waals surface area contributed by atoms with E-state index in [9.17, 15) is 14.4 Å². The van der Waals surface area contributed by atoms with E-state index in [1.165, 1.54) is 0 Å². The summed E-state index contributed by atoms with van der Waals surface area (Å²) in [6.07, 6.45) is 0. The van der Waals surface area contributed by atoms with Crippen molar-refractivity contribution in [3.05, 3.63) is 34.9 Å². The fourth-order valence-electron chi connectivity index (χ4n) is 1.98. The van der Waals surface area contributed by atoms with Crippen molar-refractivity contribution in [2.24, 2.45) is 0 Å². The molecule has 0 aromatic heterocycles. The molecule has 0 aliphatic carbocycles. The first-order valence-corrected chi connectivity index (χ1v) is 7.20. The van der Waals surface area contributed by atoms with Crippen molar-refractivity contribution in [3.63, 3.8) is 0 Å². The summed E-state index contributed by atoms with van der Waals surface area (Å²) in [6, 6.07) is 5.51. The molecule has 22 heavy (non-hydrogen) atoms. The topological polar surface area (TPSA) is 87.3 Å². The normalized spacial score (nSPS) is 10.2. The Kier molecular flexibility index (Phi) is 6.56. The minimum Gasteiger partial charge on any atom is -0.352 e. The van der Waals surface area contributed by atoms with E-state index in [1.54, 1.807) is 12.1 Å². The van der Waals surface area contributed by atoms with Crippen molar-refractivity contribution < 1.29 is 14.4 Å². The molecule has 0 atom stereocenters. The molecule has 0 fully saturated rings. The highest BCUT2D eigenvalue weighted by Crippen LogP contribution is 2.08. The monoisotopic (exact) mass is 305 g/mol. The predicted octanol–water partition coefficient (Wildman–Crippen LogP) is 0.674. The number of benzene rings is 1. The number of carbonyl (C=O) groups is 3. The van der Waals surface area contributed by atoms with Gasteiger partial charge in [-0.25, -0.2) is 0 Å². The molecule has 0 radical (unpaired) electrons. The average Bonchev–Trinajstić information content (AvgIpc) is 2.40. The van der Waals surface area contributed by atoms with E-state index in [-0.39, 0.29) is 30.9 Å². The molecule has 0 saturated heterocycles. The van der Waals surface area contributed by atoms with Crippen LogP contribution in [0, 0.1) is 13.8 Å². The second-order valence-corrected chi connectivity index (χ2v) is 5.56. The summed E-state index contributed by atoms with van der Waals surface area (Å²) < 4.78 is 0. The Hall–Kier alpha value is -2.37. The van der Waals surface area contributed by atoms with Gasteiger partial charge in [0.15, 0.2) is 0 Å². The number of hydrogen-bond acceptors (Lipinski definition) is 3. The third kappa shape index (κ3) is 6.39. The van der Waals surface area contributed by atoms with Crippen LogP contribution in [-0.2, 0) is 9.59 Å². The lowest BCUT2D eigenvalue weighted by Crippen LogP contribution is -2.43. The lowest BCUT2D eigenvalue weighted by molar-refractivity contribution is -0.125. The Bertz CT molecular complexity index is 548. The molecule has 3 N–H and O–H groups in total. The van der Waals surface area contributed by atoms with Gasteiger partial charge in [0.25, 0.3) is 5.91 Å². The molecule has 0 bridgehead atoms. The first-order valence-electron chi connectivity index (χ1n) is 7.20. The van der Waals surface area contributed by atoms with Crippen molar-refractivity contribution in [1.29, 1.82) is 0 Å². The number of aryl methyl sites for hydroxylation is 2. The number of carbonyl (C=O) groups excluding carboxylic acids is 3. The molecule has 0 aliphatic heterocycles. The SMILES string of the molecule is Cc1cc(C)cc(C(=O)NCC(=O)NCC(=O)NC(C)C)c1. The van der Waals surface area contributed by atoms with Crippen LogP contribution in [0.3, 0.4) is 0 Å². The molecule has 0 aliphatic rings. The van der Waals surface area contributed by atoms with E-state index in [0.29, 0.717) is 5.56 Å². The molecule has 0 unspecified atom stereocenters. The van der Waals surface area contributed by atoms with E-state index >= 15 is 0 Å². The maximum absolute atomic E-state index is 12.0. The lowest BCUT2D eigenvalue weighted by atomic mass is 10.1. The van der Waals surface area contributed by atoms with Gasteiger partial charge in [0.1, 0.15) is 0 Å². The van der Waals surface area contributed by atoms with E-state index in [0.717, 1.165) is 11.1 Å². The molecule has 0 saturated carbocycles. The smallest absolute Gasteiger partial charge is 0.251 e. The molecule has 1 rings (SSSR count). The lowest BCUT2D eigenvalue weighted by Gasteiger charge is -2.10. The number of nitrogens with one attached hydrogen (secondary N) is 3. The first kappa shape index (κ1) is 17.7. The van der Waals surface area contributed by atoms with Crippen molar-refractivity contribution >= 4 is 17.7 Å². The summed E-state index contributed by atoms with van der Waals surface area (Å²) in [5.41, 5.74) is 2.49. The highest BCUT2D eigenvalue weighted by molar-refractivity contribution is 5.97. The van der Waals surface area contributed by atoms with E-state index in [4.69, 9.17) is 0 Å². The second kappa shape index (κ2) is 8.17. The number of hydrogen-bond donors (Lipinski definition) is 3. The van der Waals surface area contributed by atoms with Gasteiger partial charge in [-0.05, 0) is 39.8 Å². The van der Waals surface area contributed by atoms with Gasteiger partial charge in [-0.15, -0.1) is 0 Å². The summed E-state index contributed by atoms with van der Waals surface area (Å²) in [5.74, 6) is -0.978. The van der Waals surface area contributed by atoms with Crippen LogP contribution in [0.4, 0.5) is 0 Å². The molecule has 0 spiro atoms. The molecule has 120 valence electrons. The van der Waals surface area contributed by atoms with Crippen LogP contribution in [0.2, 0.25) is 0 Å². The van der Waals surface area contributed by atoms with Crippen LogP contribution in [0.25, 0.3) is 0 Å². The minimum absolute atomic E-state index is 0.0219. The highest BCUT2D eigenvalue weighted by atomic mass is 16.2. The fourth-order valence-corrected chi connectivity index (χ4v) is 1.98. The third-order valence-corrected chi connectivity index (χ3v) is 2.79. The minimum atomic E-state index is -0.406. The summed E-state index contributed by atoms with van der Waals surface area (Å²) in [4.78, 5) is 34.9. The zero-order valence-electron chi connectivity index (χ0n) is 13.4. The van der Waals surface area contributed by atoms with Gasteiger partial charge in [-0.2, -0.15) is 0 Å². The second-order valence-electron chi connectivity index (χ2n) is 5.56. The quantitative estimate of drug-likeness (QED) is 0.722. The van der Waals surface area contributed by atoms with Gasteiger partial charge in [-0.1, -0.05) is 17.2 Å². The van der Waals surface area contributed by atoms with E-state index < -0.39 is 5.91 Å². The summed E-state index contributed by atoms with van der Waals surface area (Å²) in [6.45, 7) is 7.22. The Labute approximate surface area is 130 Å². The van der Waals surface area contributed by atoms with Gasteiger partial charge in [0, 0.05) is 11.6 Å². The molecule has 6 nitrogen and oxygen atoms in total. The van der Waals surface area contributed by atoms with Crippen molar-refractivity contribution in [1.82, 2.24) is 16.0 Å². The molecule has 1 aromatic carbocycles. The van der Waals surface area contributed by atoms with Gasteiger partial charge in [0.2, 0.25) is 11.8 Å². The molecule has 1 aromatic rings. The largest absolute Gasteiger partial charge is 0.352 e. The van der Waals surface area contributed by atoms with E-state index in [1.807, 2.05) is 33.8 Å². The maximum Gasteiger partial charge on any atom is 0.251 e. The van der Waals surface area contributed by atoms with Gasteiger partial charge in [-0.3, -0.25) is 14.4 Å². The Morgan fingerprint density at radius 1 is 0.909 bits per heavy atom. The number of rotatable bonds is 6. The van der Waals surface area contributed by atoms with Gasteiger partial charge >= 0.3 is 0 Å². The molecule has 6 heteroatoms. The Morgan fingerprint density at radius 3 is 2.00 bits per heavy atom. The number of amides is 3. The summed E-state index contributed by atoms with van der Waals surface area (Å²) >= 11 is 0. The highest BCUT2D eigenvalue weighted by Gasteiger charge is 2.10. The Morgan fingerprint density at radius 2 is 1.45 bits per heavy atom. The molecule has 0 heterocycles. The van der Waals surface area contributed by atoms with Crippen LogP contribution < -0.4 is 16.0 Å². The maximum atomic E-state index is 12.0. The third-order valence-electron chi connectivity index (χ3n) is 2.79. The van der Waals surface area contributed by atoms with Crippen molar-refractivity contribution in [3.8, 4) is 0 Å². The summed E-state index contributed by atoms with van der Waals surface area (Å²) in [7, 11) is 0. The van der Waals surface area contributed by atoms with Crippen LogP contribution in [0.5, 0.6) is 0 Å². The Balaban J connectivity index is 2.40. The fraction of sp³-hybridized carbons (Fsp3) is 0.438. The summed E-state index contributed by atoms with van der Waals surface area (Å²) in [5, 5.41) is 7.65. The van der Waals surface area contributed by atoms with E-state index in [2.05, 4.69) is 16.0 Å². The van der Waals surface area contributed by atoms with Crippen LogP contribution in [0.15, 0.2) is 18.2 Å². The molecule has 3 amide bonds. The predicted molar refractivity (Wildman–Crippen MR) is 84.5 cm³/mol. The molecular formula is C16H23N3O3. The zero-order chi connectivity index (χ0) is 16.7. The van der Waals surface area contributed by atoms with Gasteiger partial charge in [0.05, 0.1) is 13.1 Å². The van der Waals surface area contributed by atoms with Crippen molar-refractivity contribution in [2.75, 3.05) is 13.1 Å². The first-order chi connectivity index (χ1) is 10.3.